The average molecular weight is 363 g/mol. The first-order valence-corrected chi connectivity index (χ1v) is 10.3. The zero-order valence-corrected chi connectivity index (χ0v) is 16.2. The molecule has 0 bridgehead atoms. The van der Waals surface area contributed by atoms with Gasteiger partial charge in [0.25, 0.3) is 0 Å². The Labute approximate surface area is 160 Å². The predicted octanol–water partition coefficient (Wildman–Crippen LogP) is 4.96. The van der Waals surface area contributed by atoms with Crippen molar-refractivity contribution in [3.8, 4) is 0 Å². The third-order valence-corrected chi connectivity index (χ3v) is 6.35. The van der Waals surface area contributed by atoms with Crippen molar-refractivity contribution in [1.29, 1.82) is 0 Å². The fraction of sp³-hybridized carbons (Fsp3) is 0.304. The van der Waals surface area contributed by atoms with Gasteiger partial charge in [-0.2, -0.15) is 0 Å². The molecule has 1 aromatic heterocycles. The van der Waals surface area contributed by atoms with Crippen LogP contribution >= 0.6 is 11.3 Å². The first-order valence-electron chi connectivity index (χ1n) is 9.40. The zero-order chi connectivity index (χ0) is 17.8. The topological polar surface area (TPSA) is 6.48 Å². The highest BCUT2D eigenvalue weighted by atomic mass is 32.1. The third kappa shape index (κ3) is 3.90. The molecule has 0 atom stereocenters. The summed E-state index contributed by atoms with van der Waals surface area (Å²) in [4.78, 5) is 6.76. The van der Waals surface area contributed by atoms with E-state index >= 15 is 0 Å². The van der Waals surface area contributed by atoms with Crippen LogP contribution in [-0.4, -0.2) is 36.0 Å². The molecule has 2 nitrogen and oxygen atoms in total. The van der Waals surface area contributed by atoms with Gasteiger partial charge in [-0.25, -0.2) is 0 Å². The van der Waals surface area contributed by atoms with Gasteiger partial charge in [0.15, 0.2) is 0 Å². The Kier molecular flexibility index (Phi) is 5.49. The van der Waals surface area contributed by atoms with E-state index in [-0.39, 0.29) is 0 Å². The lowest BCUT2D eigenvalue weighted by Gasteiger charge is -2.39. The highest BCUT2D eigenvalue weighted by molar-refractivity contribution is 7.10. The van der Waals surface area contributed by atoms with Crippen LogP contribution in [0.5, 0.6) is 0 Å². The van der Waals surface area contributed by atoms with Crippen molar-refractivity contribution in [2.45, 2.75) is 19.5 Å². The third-order valence-electron chi connectivity index (χ3n) is 5.34. The van der Waals surface area contributed by atoms with E-state index < -0.39 is 0 Å². The monoisotopic (exact) mass is 362 g/mol. The Morgan fingerprint density at radius 2 is 1.38 bits per heavy atom. The van der Waals surface area contributed by atoms with Gasteiger partial charge in [-0.05, 0) is 35.1 Å². The van der Waals surface area contributed by atoms with Gasteiger partial charge in [0, 0.05) is 37.6 Å². The summed E-state index contributed by atoms with van der Waals surface area (Å²) in [6, 6.07) is 24.5. The fourth-order valence-corrected chi connectivity index (χ4v) is 4.78. The minimum absolute atomic E-state index is 0.350. The van der Waals surface area contributed by atoms with E-state index in [2.05, 4.69) is 88.8 Å². The van der Waals surface area contributed by atoms with Crippen molar-refractivity contribution in [3.05, 3.63) is 93.7 Å². The molecule has 134 valence electrons. The average Bonchev–Trinajstić information content (AvgIpc) is 3.10. The van der Waals surface area contributed by atoms with Gasteiger partial charge in [0.05, 0.1) is 6.04 Å². The number of piperazine rings is 1. The number of benzene rings is 2. The van der Waals surface area contributed by atoms with Crippen LogP contribution in [0.25, 0.3) is 0 Å². The lowest BCUT2D eigenvalue weighted by Crippen LogP contribution is -2.47. The second kappa shape index (κ2) is 8.17. The van der Waals surface area contributed by atoms with Gasteiger partial charge in [0.1, 0.15) is 0 Å². The van der Waals surface area contributed by atoms with Gasteiger partial charge in [-0.1, -0.05) is 60.7 Å². The molecule has 0 saturated carbocycles. The van der Waals surface area contributed by atoms with Crippen LogP contribution in [0.1, 0.15) is 27.6 Å². The second-order valence-electron chi connectivity index (χ2n) is 7.06. The minimum Gasteiger partial charge on any atom is -0.296 e. The number of hydrogen-bond donors (Lipinski definition) is 0. The number of thiophene rings is 1. The standard InChI is InChI=1S/C23H26N2S/c1-19-12-17-26-22(19)18-24-13-15-25(16-14-24)23(20-8-4-2-5-9-20)21-10-6-3-7-11-21/h2-12,17,23H,13-16,18H2,1H3. The van der Waals surface area contributed by atoms with Crippen molar-refractivity contribution in [3.63, 3.8) is 0 Å². The summed E-state index contributed by atoms with van der Waals surface area (Å²) in [6.07, 6.45) is 0. The van der Waals surface area contributed by atoms with Crippen LogP contribution in [0.15, 0.2) is 72.1 Å². The van der Waals surface area contributed by atoms with Crippen molar-refractivity contribution in [2.24, 2.45) is 0 Å². The van der Waals surface area contributed by atoms with Crippen LogP contribution in [-0.2, 0) is 6.54 Å². The first-order chi connectivity index (χ1) is 12.8. The number of hydrogen-bond acceptors (Lipinski definition) is 3. The van der Waals surface area contributed by atoms with E-state index in [0.29, 0.717) is 6.04 Å². The molecule has 3 aromatic rings. The van der Waals surface area contributed by atoms with Crippen molar-refractivity contribution in [1.82, 2.24) is 9.80 Å². The first kappa shape index (κ1) is 17.5. The van der Waals surface area contributed by atoms with Crippen molar-refractivity contribution in [2.75, 3.05) is 26.2 Å². The van der Waals surface area contributed by atoms with E-state index in [1.54, 1.807) is 0 Å². The number of aryl methyl sites for hydroxylation is 1. The van der Waals surface area contributed by atoms with Gasteiger partial charge >= 0.3 is 0 Å². The summed E-state index contributed by atoms with van der Waals surface area (Å²) >= 11 is 1.89. The minimum atomic E-state index is 0.350. The summed E-state index contributed by atoms with van der Waals surface area (Å²) in [5.41, 5.74) is 4.21. The highest BCUT2D eigenvalue weighted by Gasteiger charge is 2.26. The van der Waals surface area contributed by atoms with Crippen LogP contribution in [0.3, 0.4) is 0 Å². The van der Waals surface area contributed by atoms with Crippen LogP contribution in [0.4, 0.5) is 0 Å². The quantitative estimate of drug-likeness (QED) is 0.633. The molecule has 26 heavy (non-hydrogen) atoms. The molecule has 1 aliphatic rings. The molecular weight excluding hydrogens is 336 g/mol. The number of nitrogens with zero attached hydrogens (tertiary/aromatic N) is 2. The Bertz CT molecular complexity index is 765. The molecule has 0 spiro atoms. The Morgan fingerprint density at radius 1 is 0.808 bits per heavy atom. The summed E-state index contributed by atoms with van der Waals surface area (Å²) in [6.45, 7) is 7.81. The van der Waals surface area contributed by atoms with Crippen LogP contribution < -0.4 is 0 Å². The molecule has 4 rings (SSSR count). The Balaban J connectivity index is 1.49. The molecule has 2 aromatic carbocycles. The van der Waals surface area contributed by atoms with E-state index in [4.69, 9.17) is 0 Å². The van der Waals surface area contributed by atoms with Gasteiger partial charge in [-0.3, -0.25) is 9.80 Å². The molecule has 0 N–H and O–H groups in total. The van der Waals surface area contributed by atoms with Crippen molar-refractivity contribution < 1.29 is 0 Å². The summed E-state index contributed by atoms with van der Waals surface area (Å²) in [5.74, 6) is 0. The van der Waals surface area contributed by atoms with Gasteiger partial charge in [-0.15, -0.1) is 11.3 Å². The van der Waals surface area contributed by atoms with E-state index in [9.17, 15) is 0 Å². The van der Waals surface area contributed by atoms with Gasteiger partial charge in [0.2, 0.25) is 0 Å². The maximum absolute atomic E-state index is 2.64. The highest BCUT2D eigenvalue weighted by Crippen LogP contribution is 2.30. The van der Waals surface area contributed by atoms with E-state index in [1.165, 1.54) is 21.6 Å². The molecule has 3 heteroatoms. The molecule has 1 fully saturated rings. The van der Waals surface area contributed by atoms with Crippen LogP contribution in [0.2, 0.25) is 0 Å². The smallest absolute Gasteiger partial charge is 0.0602 e. The molecule has 1 aliphatic heterocycles. The molecule has 0 unspecified atom stereocenters. The normalized spacial score (nSPS) is 16.2. The lowest BCUT2D eigenvalue weighted by atomic mass is 9.96. The van der Waals surface area contributed by atoms with Crippen molar-refractivity contribution >= 4 is 11.3 Å². The van der Waals surface area contributed by atoms with E-state index in [1.807, 2.05) is 11.3 Å². The predicted molar refractivity (Wildman–Crippen MR) is 111 cm³/mol. The molecule has 2 heterocycles. The molecular formula is C23H26N2S. The fourth-order valence-electron chi connectivity index (χ4n) is 3.83. The lowest BCUT2D eigenvalue weighted by molar-refractivity contribution is 0.105. The largest absolute Gasteiger partial charge is 0.296 e. The maximum atomic E-state index is 2.64. The van der Waals surface area contributed by atoms with Gasteiger partial charge < -0.3 is 0 Å². The zero-order valence-electron chi connectivity index (χ0n) is 15.3. The number of rotatable bonds is 5. The Morgan fingerprint density at radius 3 is 1.88 bits per heavy atom. The summed E-state index contributed by atoms with van der Waals surface area (Å²) in [7, 11) is 0. The van der Waals surface area contributed by atoms with Crippen LogP contribution in [0, 0.1) is 6.92 Å². The molecule has 0 radical (unpaired) electrons. The molecule has 0 aliphatic carbocycles. The molecule has 0 amide bonds. The second-order valence-corrected chi connectivity index (χ2v) is 8.06. The van der Waals surface area contributed by atoms with E-state index in [0.717, 1.165) is 32.7 Å². The molecule has 1 saturated heterocycles. The SMILES string of the molecule is Cc1ccsc1CN1CCN(C(c2ccccc2)c2ccccc2)CC1. The summed E-state index contributed by atoms with van der Waals surface area (Å²) < 4.78 is 0. The Hall–Kier alpha value is -1.94. The maximum Gasteiger partial charge on any atom is 0.0602 e. The summed E-state index contributed by atoms with van der Waals surface area (Å²) in [5, 5.41) is 2.21.